The van der Waals surface area contributed by atoms with Crippen molar-refractivity contribution in [1.29, 1.82) is 0 Å². The van der Waals surface area contributed by atoms with Gasteiger partial charge in [0.05, 0.1) is 6.20 Å². The van der Waals surface area contributed by atoms with Crippen molar-refractivity contribution in [1.82, 2.24) is 9.78 Å². The Labute approximate surface area is 114 Å². The quantitative estimate of drug-likeness (QED) is 0.722. The van der Waals surface area contributed by atoms with E-state index < -0.39 is 0 Å². The van der Waals surface area contributed by atoms with Crippen LogP contribution in [0.15, 0.2) is 39.7 Å². The lowest BCUT2D eigenvalue weighted by atomic mass is 10.1. The summed E-state index contributed by atoms with van der Waals surface area (Å²) in [7, 11) is 1.76. The van der Waals surface area contributed by atoms with Crippen molar-refractivity contribution in [2.75, 3.05) is 5.73 Å². The van der Waals surface area contributed by atoms with Gasteiger partial charge in [-0.1, -0.05) is 0 Å². The van der Waals surface area contributed by atoms with Gasteiger partial charge in [0.2, 0.25) is 0 Å². The first-order valence-electron chi connectivity index (χ1n) is 6.04. The lowest BCUT2D eigenvalue weighted by molar-refractivity contribution is 0.454. The molecule has 3 aromatic rings. The average molecular weight is 271 g/mol. The molecule has 1 aromatic carbocycles. The first kappa shape index (κ1) is 12.3. The number of nitrogen functional groups attached to an aromatic ring is 1. The van der Waals surface area contributed by atoms with E-state index in [4.69, 9.17) is 14.9 Å². The Morgan fingerprint density at radius 1 is 1.35 bits per heavy atom. The van der Waals surface area contributed by atoms with Crippen LogP contribution in [0.25, 0.3) is 11.0 Å². The number of benzene rings is 1. The molecule has 0 saturated carbocycles. The van der Waals surface area contributed by atoms with Crippen molar-refractivity contribution < 1.29 is 9.15 Å². The Hall–Kier alpha value is -2.76. The summed E-state index contributed by atoms with van der Waals surface area (Å²) in [6, 6.07) is 6.73. The van der Waals surface area contributed by atoms with E-state index in [-0.39, 0.29) is 5.63 Å². The Bertz CT molecular complexity index is 848. The van der Waals surface area contributed by atoms with Gasteiger partial charge in [0.15, 0.2) is 0 Å². The summed E-state index contributed by atoms with van der Waals surface area (Å²) < 4.78 is 12.3. The molecule has 0 atom stereocenters. The second-order valence-corrected chi connectivity index (χ2v) is 4.57. The molecule has 20 heavy (non-hydrogen) atoms. The molecular weight excluding hydrogens is 258 g/mol. The zero-order valence-corrected chi connectivity index (χ0v) is 11.1. The number of rotatable bonds is 2. The van der Waals surface area contributed by atoms with Gasteiger partial charge in [-0.25, -0.2) is 4.79 Å². The van der Waals surface area contributed by atoms with E-state index in [2.05, 4.69) is 5.10 Å². The maximum Gasteiger partial charge on any atom is 0.336 e. The number of ether oxygens (including phenoxy) is 1. The highest BCUT2D eigenvalue weighted by molar-refractivity contribution is 5.81. The van der Waals surface area contributed by atoms with E-state index in [1.807, 2.05) is 13.0 Å². The fourth-order valence-corrected chi connectivity index (χ4v) is 2.05. The predicted octanol–water partition coefficient (Wildman–Crippen LogP) is 2.21. The third-order valence-electron chi connectivity index (χ3n) is 2.96. The monoisotopic (exact) mass is 271 g/mol. The first-order chi connectivity index (χ1) is 9.52. The molecule has 0 aliphatic carbocycles. The fourth-order valence-electron chi connectivity index (χ4n) is 2.05. The largest absolute Gasteiger partial charge is 0.436 e. The molecule has 2 aromatic heterocycles. The van der Waals surface area contributed by atoms with Gasteiger partial charge in [-0.2, -0.15) is 0 Å². The molecule has 0 fully saturated rings. The topological polar surface area (TPSA) is 83.3 Å². The molecule has 0 amide bonds. The summed E-state index contributed by atoms with van der Waals surface area (Å²) in [5.74, 6) is 0.832. The Kier molecular flexibility index (Phi) is 2.71. The van der Waals surface area contributed by atoms with Gasteiger partial charge in [-0.3, -0.25) is 4.68 Å². The molecular formula is C14H13N3O3. The van der Waals surface area contributed by atoms with E-state index in [0.29, 0.717) is 22.9 Å². The first-order valence-corrected chi connectivity index (χ1v) is 6.04. The molecule has 0 radical (unpaired) electrons. The van der Waals surface area contributed by atoms with Crippen molar-refractivity contribution in [2.45, 2.75) is 6.92 Å². The molecule has 2 heterocycles. The minimum absolute atomic E-state index is 0.321. The second-order valence-electron chi connectivity index (χ2n) is 4.57. The van der Waals surface area contributed by atoms with Crippen molar-refractivity contribution in [2.24, 2.45) is 7.05 Å². The maximum atomic E-state index is 11.4. The second kappa shape index (κ2) is 4.41. The minimum atomic E-state index is -0.385. The van der Waals surface area contributed by atoms with Gasteiger partial charge in [-0.15, -0.1) is 5.10 Å². The van der Waals surface area contributed by atoms with Crippen molar-refractivity contribution in [3.8, 4) is 11.6 Å². The summed E-state index contributed by atoms with van der Waals surface area (Å²) in [5.41, 5.74) is 7.16. The predicted molar refractivity (Wildman–Crippen MR) is 74.9 cm³/mol. The third kappa shape index (κ3) is 2.11. The molecule has 102 valence electrons. The summed E-state index contributed by atoms with van der Waals surface area (Å²) in [5, 5.41) is 4.96. The van der Waals surface area contributed by atoms with E-state index in [1.165, 1.54) is 6.07 Å². The highest BCUT2D eigenvalue weighted by atomic mass is 16.5. The van der Waals surface area contributed by atoms with Crippen LogP contribution in [0.5, 0.6) is 11.6 Å². The molecule has 0 saturated heterocycles. The Morgan fingerprint density at radius 2 is 2.15 bits per heavy atom. The number of aryl methyl sites for hydroxylation is 2. The number of aromatic nitrogens is 2. The van der Waals surface area contributed by atoms with Crippen LogP contribution in [0.2, 0.25) is 0 Å². The smallest absolute Gasteiger partial charge is 0.336 e. The number of nitrogens with two attached hydrogens (primary N) is 1. The van der Waals surface area contributed by atoms with Crippen LogP contribution >= 0.6 is 0 Å². The molecule has 0 unspecified atom stereocenters. The van der Waals surface area contributed by atoms with Crippen LogP contribution in [0.1, 0.15) is 5.56 Å². The maximum absolute atomic E-state index is 11.4. The van der Waals surface area contributed by atoms with Crippen LogP contribution in [0, 0.1) is 6.92 Å². The van der Waals surface area contributed by atoms with Gasteiger partial charge in [-0.05, 0) is 24.6 Å². The standard InChI is InChI=1S/C14H13N3O3/c1-8-5-13(18)20-12-6-9(3-4-10(8)12)19-14-11(15)7-17(2)16-14/h3-7H,15H2,1-2H3. The normalized spacial score (nSPS) is 10.9. The fraction of sp³-hybridized carbons (Fsp3) is 0.143. The van der Waals surface area contributed by atoms with E-state index in [1.54, 1.807) is 30.1 Å². The molecule has 6 heteroatoms. The summed E-state index contributed by atoms with van der Waals surface area (Å²) in [6.07, 6.45) is 1.65. The van der Waals surface area contributed by atoms with Gasteiger partial charge in [0.25, 0.3) is 5.88 Å². The lowest BCUT2D eigenvalue weighted by Crippen LogP contribution is -1.98. The van der Waals surface area contributed by atoms with Crippen LogP contribution < -0.4 is 16.1 Å². The molecule has 2 N–H and O–H groups in total. The van der Waals surface area contributed by atoms with E-state index in [0.717, 1.165) is 10.9 Å². The SMILES string of the molecule is Cc1cc(=O)oc2cc(Oc3nn(C)cc3N)ccc12. The number of fused-ring (bicyclic) bond motifs is 1. The van der Waals surface area contributed by atoms with E-state index in [9.17, 15) is 4.79 Å². The van der Waals surface area contributed by atoms with Gasteiger partial charge < -0.3 is 14.9 Å². The number of hydrogen-bond donors (Lipinski definition) is 1. The lowest BCUT2D eigenvalue weighted by Gasteiger charge is -2.05. The third-order valence-corrected chi connectivity index (χ3v) is 2.96. The number of anilines is 1. The summed E-state index contributed by atoms with van der Waals surface area (Å²) in [4.78, 5) is 11.4. The summed E-state index contributed by atoms with van der Waals surface area (Å²) in [6.45, 7) is 1.86. The Morgan fingerprint density at radius 3 is 2.85 bits per heavy atom. The molecule has 6 nitrogen and oxygen atoms in total. The molecule has 0 spiro atoms. The number of nitrogens with zero attached hydrogens (tertiary/aromatic N) is 2. The van der Waals surface area contributed by atoms with Gasteiger partial charge >= 0.3 is 5.63 Å². The van der Waals surface area contributed by atoms with Crippen LogP contribution in [-0.4, -0.2) is 9.78 Å². The van der Waals surface area contributed by atoms with Crippen molar-refractivity contribution in [3.05, 3.63) is 46.4 Å². The molecule has 0 aliphatic heterocycles. The minimum Gasteiger partial charge on any atom is -0.436 e. The molecule has 3 rings (SSSR count). The van der Waals surface area contributed by atoms with Gasteiger partial charge in [0.1, 0.15) is 17.0 Å². The van der Waals surface area contributed by atoms with Crippen LogP contribution in [0.4, 0.5) is 5.69 Å². The zero-order chi connectivity index (χ0) is 14.3. The number of hydrogen-bond acceptors (Lipinski definition) is 5. The highest BCUT2D eigenvalue weighted by Crippen LogP contribution is 2.28. The van der Waals surface area contributed by atoms with Crippen LogP contribution in [-0.2, 0) is 7.05 Å². The van der Waals surface area contributed by atoms with Crippen molar-refractivity contribution in [3.63, 3.8) is 0 Å². The Balaban J connectivity index is 2.05. The van der Waals surface area contributed by atoms with Gasteiger partial charge in [0, 0.05) is 24.6 Å². The average Bonchev–Trinajstić information content (AvgIpc) is 2.67. The zero-order valence-electron chi connectivity index (χ0n) is 11.1. The van der Waals surface area contributed by atoms with E-state index >= 15 is 0 Å². The highest BCUT2D eigenvalue weighted by Gasteiger charge is 2.09. The summed E-state index contributed by atoms with van der Waals surface area (Å²) >= 11 is 0. The van der Waals surface area contributed by atoms with Crippen molar-refractivity contribution >= 4 is 16.7 Å². The molecule has 0 aliphatic rings. The molecule has 0 bridgehead atoms. The van der Waals surface area contributed by atoms with Crippen LogP contribution in [0.3, 0.4) is 0 Å².